The number of hydrogen-bond donors (Lipinski definition) is 6. The monoisotopic (exact) mass is 660 g/mol. The average molecular weight is 660 g/mol. The molecule has 0 aliphatic carbocycles. The van der Waals surface area contributed by atoms with Gasteiger partial charge in [0.05, 0.1) is 37.1 Å². The zero-order valence-electron chi connectivity index (χ0n) is 29.6. The third-order valence-electron chi connectivity index (χ3n) is 8.04. The number of amides is 1. The maximum absolute atomic E-state index is 12.3. The number of allylic oxidation sites excluding steroid dienone is 8. The van der Waals surface area contributed by atoms with Gasteiger partial charge in [-0.2, -0.15) is 0 Å². The van der Waals surface area contributed by atoms with Crippen LogP contribution in [0.25, 0.3) is 0 Å². The lowest BCUT2D eigenvalue weighted by atomic mass is 10.0. The molecule has 0 spiro atoms. The van der Waals surface area contributed by atoms with Crippen molar-refractivity contribution in [1.82, 2.24) is 5.32 Å². The van der Waals surface area contributed by atoms with Crippen LogP contribution in [-0.2, 0) is 4.79 Å². The van der Waals surface area contributed by atoms with Gasteiger partial charge in [-0.3, -0.25) is 4.79 Å². The van der Waals surface area contributed by atoms with E-state index in [2.05, 4.69) is 12.2 Å². The minimum atomic E-state index is -1.06. The molecule has 0 radical (unpaired) electrons. The van der Waals surface area contributed by atoms with Crippen LogP contribution < -0.4 is 5.32 Å². The van der Waals surface area contributed by atoms with E-state index in [0.29, 0.717) is 12.8 Å². The third kappa shape index (κ3) is 29.6. The van der Waals surface area contributed by atoms with Crippen LogP contribution in [0.1, 0.15) is 136 Å². The van der Waals surface area contributed by atoms with Gasteiger partial charge in [-0.05, 0) is 38.5 Å². The van der Waals surface area contributed by atoms with E-state index < -0.39 is 30.5 Å². The van der Waals surface area contributed by atoms with Crippen LogP contribution >= 0.6 is 0 Å². The summed E-state index contributed by atoms with van der Waals surface area (Å²) in [6, 6.07) is -0.784. The van der Waals surface area contributed by atoms with Gasteiger partial charge in [0.15, 0.2) is 0 Å². The van der Waals surface area contributed by atoms with Gasteiger partial charge in [-0.1, -0.05) is 164 Å². The molecule has 0 rings (SSSR count). The van der Waals surface area contributed by atoms with Crippen molar-refractivity contribution in [2.45, 2.75) is 166 Å². The first-order chi connectivity index (χ1) is 22.8. The molecule has 0 heterocycles. The van der Waals surface area contributed by atoms with Crippen molar-refractivity contribution in [3.8, 4) is 0 Å². The highest BCUT2D eigenvalue weighted by atomic mass is 16.3. The minimum Gasteiger partial charge on any atom is -0.394 e. The molecule has 1 amide bonds. The number of unbranched alkanes of at least 4 members (excludes halogenated alkanes) is 13. The van der Waals surface area contributed by atoms with Gasteiger partial charge in [0.1, 0.15) is 0 Å². The van der Waals surface area contributed by atoms with Gasteiger partial charge in [0.25, 0.3) is 0 Å². The normalized spacial score (nSPS) is 16.0. The van der Waals surface area contributed by atoms with E-state index in [-0.39, 0.29) is 25.4 Å². The average Bonchev–Trinajstić information content (AvgIpc) is 3.06. The Bertz CT molecular complexity index is 893. The van der Waals surface area contributed by atoms with E-state index in [0.717, 1.165) is 19.3 Å². The Morgan fingerprint density at radius 1 is 0.617 bits per heavy atom. The molecule has 0 aromatic heterocycles. The second-order valence-corrected chi connectivity index (χ2v) is 12.5. The van der Waals surface area contributed by atoms with E-state index in [1.54, 1.807) is 48.6 Å². The number of aliphatic hydroxyl groups is 5. The summed E-state index contributed by atoms with van der Waals surface area (Å²) in [5.74, 6) is -0.320. The molecule has 0 aliphatic heterocycles. The number of carbonyl (C=O) groups excluding carboxylic acids is 1. The highest BCUT2D eigenvalue weighted by Gasteiger charge is 2.19. The summed E-state index contributed by atoms with van der Waals surface area (Å²) < 4.78 is 0. The first-order valence-electron chi connectivity index (χ1n) is 18.5. The SMILES string of the molecule is CC/C=C\C[C@H](O)/C=C/C=C/C=C\C=C/[C@@H](O)[C@H](O)CCCC(=O)N[C@@H](CO)[C@H](O)/C=C/CCCCCCCCCCCCCCC. The van der Waals surface area contributed by atoms with Crippen LogP contribution in [0.2, 0.25) is 0 Å². The second-order valence-electron chi connectivity index (χ2n) is 12.5. The van der Waals surface area contributed by atoms with Crippen LogP contribution in [-0.4, -0.2) is 68.5 Å². The Morgan fingerprint density at radius 2 is 1.17 bits per heavy atom. The van der Waals surface area contributed by atoms with Crippen LogP contribution in [0.5, 0.6) is 0 Å². The summed E-state index contributed by atoms with van der Waals surface area (Å²) in [5.41, 5.74) is 0. The second kappa shape index (κ2) is 33.6. The molecular weight excluding hydrogens is 590 g/mol. The molecule has 47 heavy (non-hydrogen) atoms. The van der Waals surface area contributed by atoms with Gasteiger partial charge < -0.3 is 30.8 Å². The minimum absolute atomic E-state index is 0.112. The zero-order valence-corrected chi connectivity index (χ0v) is 29.6. The molecule has 0 aliphatic rings. The number of nitrogens with one attached hydrogen (secondary N) is 1. The fourth-order valence-electron chi connectivity index (χ4n) is 5.05. The van der Waals surface area contributed by atoms with Crippen molar-refractivity contribution < 1.29 is 30.3 Å². The Balaban J connectivity index is 4.06. The quantitative estimate of drug-likeness (QED) is 0.0257. The summed E-state index contributed by atoms with van der Waals surface area (Å²) in [4.78, 5) is 12.3. The van der Waals surface area contributed by atoms with Gasteiger partial charge in [0, 0.05) is 6.42 Å². The fourth-order valence-corrected chi connectivity index (χ4v) is 5.05. The highest BCUT2D eigenvalue weighted by Crippen LogP contribution is 2.13. The smallest absolute Gasteiger partial charge is 0.220 e. The van der Waals surface area contributed by atoms with Crippen LogP contribution in [0.4, 0.5) is 0 Å². The lowest BCUT2D eigenvalue weighted by molar-refractivity contribution is -0.123. The molecule has 7 nitrogen and oxygen atoms in total. The van der Waals surface area contributed by atoms with Crippen molar-refractivity contribution in [2.75, 3.05) is 6.61 Å². The highest BCUT2D eigenvalue weighted by molar-refractivity contribution is 5.76. The lowest BCUT2D eigenvalue weighted by Gasteiger charge is -2.20. The van der Waals surface area contributed by atoms with Crippen LogP contribution in [0.3, 0.4) is 0 Å². The molecular formula is C40H69NO6. The zero-order chi connectivity index (χ0) is 34.8. The predicted octanol–water partition coefficient (Wildman–Crippen LogP) is 7.70. The van der Waals surface area contributed by atoms with E-state index in [9.17, 15) is 30.3 Å². The van der Waals surface area contributed by atoms with Crippen LogP contribution in [0, 0.1) is 0 Å². The lowest BCUT2D eigenvalue weighted by Crippen LogP contribution is -2.45. The maximum atomic E-state index is 12.3. The molecule has 270 valence electrons. The van der Waals surface area contributed by atoms with Crippen LogP contribution in [0.15, 0.2) is 72.9 Å². The fraction of sp³-hybridized carbons (Fsp3) is 0.675. The first-order valence-corrected chi connectivity index (χ1v) is 18.5. The van der Waals surface area contributed by atoms with Crippen molar-refractivity contribution in [2.24, 2.45) is 0 Å². The number of carbonyl (C=O) groups is 1. The summed E-state index contributed by atoms with van der Waals surface area (Å²) in [5, 5.41) is 52.9. The molecule has 5 atom stereocenters. The standard InChI is InChI=1S/C40H69NO6/c1-3-5-7-8-9-10-11-12-13-14-15-16-17-21-25-30-37(44)36(34-42)41-40(47)33-27-32-39(46)38(45)31-26-22-19-18-20-24-29-35(43)28-23-6-4-2/h6,18-20,22-26,29-31,35-39,42-46H,3-5,7-17,21,27-28,32-34H2,1-2H3,(H,41,47)/b20-18+,22-19-,23-6-,29-24+,30-25+,31-26-/t35-,36-,37+,38+,39+/m0/s1. The maximum Gasteiger partial charge on any atom is 0.220 e. The summed E-state index contributed by atoms with van der Waals surface area (Å²) in [6.45, 7) is 3.93. The first kappa shape index (κ1) is 44.7. The summed E-state index contributed by atoms with van der Waals surface area (Å²) in [7, 11) is 0. The van der Waals surface area contributed by atoms with Gasteiger partial charge in [-0.15, -0.1) is 0 Å². The van der Waals surface area contributed by atoms with E-state index in [1.807, 2.05) is 25.2 Å². The number of hydrogen-bond acceptors (Lipinski definition) is 6. The van der Waals surface area contributed by atoms with E-state index in [1.165, 1.54) is 83.1 Å². The molecule has 0 fully saturated rings. The largest absolute Gasteiger partial charge is 0.394 e. The van der Waals surface area contributed by atoms with Gasteiger partial charge in [0.2, 0.25) is 5.91 Å². The van der Waals surface area contributed by atoms with Crippen molar-refractivity contribution in [3.05, 3.63) is 72.9 Å². The molecule has 6 N–H and O–H groups in total. The summed E-state index contributed by atoms with van der Waals surface area (Å²) >= 11 is 0. The molecule has 0 bridgehead atoms. The molecule has 7 heteroatoms. The van der Waals surface area contributed by atoms with Gasteiger partial charge in [-0.25, -0.2) is 0 Å². The van der Waals surface area contributed by atoms with Gasteiger partial charge >= 0.3 is 0 Å². The number of aliphatic hydroxyl groups excluding tert-OH is 5. The Labute approximate surface area is 287 Å². The summed E-state index contributed by atoms with van der Waals surface area (Å²) in [6.07, 6.45) is 37.8. The topological polar surface area (TPSA) is 130 Å². The van der Waals surface area contributed by atoms with Crippen molar-refractivity contribution in [3.63, 3.8) is 0 Å². The Hall–Kier alpha value is -2.29. The third-order valence-corrected chi connectivity index (χ3v) is 8.04. The Morgan fingerprint density at radius 3 is 1.74 bits per heavy atom. The van der Waals surface area contributed by atoms with Crippen molar-refractivity contribution in [1.29, 1.82) is 0 Å². The van der Waals surface area contributed by atoms with E-state index >= 15 is 0 Å². The Kier molecular flexibility index (Phi) is 32.0. The number of rotatable bonds is 31. The molecule has 0 aromatic carbocycles. The van der Waals surface area contributed by atoms with Crippen molar-refractivity contribution >= 4 is 5.91 Å². The predicted molar refractivity (Wildman–Crippen MR) is 197 cm³/mol. The molecule has 0 unspecified atom stereocenters. The molecule has 0 saturated heterocycles. The molecule has 0 aromatic rings. The van der Waals surface area contributed by atoms with E-state index in [4.69, 9.17) is 0 Å². The molecule has 0 saturated carbocycles.